The lowest BCUT2D eigenvalue weighted by molar-refractivity contribution is -0.116. The van der Waals surface area contributed by atoms with E-state index in [-0.39, 0.29) is 5.91 Å². The van der Waals surface area contributed by atoms with Gasteiger partial charge in [-0.1, -0.05) is 56.8 Å². The SMILES string of the molecule is CCCCCCCCCC(=O)Nc1ncc(Br)s1. The lowest BCUT2D eigenvalue weighted by atomic mass is 10.1. The molecule has 0 unspecified atom stereocenters. The molecule has 1 N–H and O–H groups in total. The van der Waals surface area contributed by atoms with Gasteiger partial charge in [0.05, 0.1) is 9.98 Å². The van der Waals surface area contributed by atoms with Gasteiger partial charge in [0.15, 0.2) is 5.13 Å². The Hall–Kier alpha value is -0.420. The number of nitrogens with zero attached hydrogens (tertiary/aromatic N) is 1. The molecule has 1 aromatic rings. The predicted molar refractivity (Wildman–Crippen MR) is 81.1 cm³/mol. The highest BCUT2D eigenvalue weighted by atomic mass is 79.9. The Morgan fingerprint density at radius 3 is 2.56 bits per heavy atom. The number of carbonyl (C=O) groups is 1. The van der Waals surface area contributed by atoms with E-state index in [1.807, 2.05) is 0 Å². The van der Waals surface area contributed by atoms with Gasteiger partial charge in [0.1, 0.15) is 0 Å². The summed E-state index contributed by atoms with van der Waals surface area (Å²) in [5.41, 5.74) is 0. The molecule has 1 aromatic heterocycles. The second kappa shape index (κ2) is 9.50. The summed E-state index contributed by atoms with van der Waals surface area (Å²) in [5.74, 6) is 0.0745. The predicted octanol–water partition coefficient (Wildman–Crippen LogP) is 4.98. The molecule has 5 heteroatoms. The molecular weight excluding hydrogens is 312 g/mol. The quantitative estimate of drug-likeness (QED) is 0.647. The van der Waals surface area contributed by atoms with E-state index in [1.165, 1.54) is 43.4 Å². The number of anilines is 1. The van der Waals surface area contributed by atoms with Gasteiger partial charge in [0.25, 0.3) is 0 Å². The van der Waals surface area contributed by atoms with E-state index in [9.17, 15) is 4.79 Å². The Bertz CT molecular complexity index is 355. The summed E-state index contributed by atoms with van der Waals surface area (Å²) in [6, 6.07) is 0. The zero-order valence-electron chi connectivity index (χ0n) is 10.9. The van der Waals surface area contributed by atoms with E-state index in [0.29, 0.717) is 11.6 Å². The maximum Gasteiger partial charge on any atom is 0.226 e. The van der Waals surface area contributed by atoms with Gasteiger partial charge >= 0.3 is 0 Å². The van der Waals surface area contributed by atoms with Crippen LogP contribution in [0, 0.1) is 0 Å². The summed E-state index contributed by atoms with van der Waals surface area (Å²) < 4.78 is 0.939. The van der Waals surface area contributed by atoms with Crippen molar-refractivity contribution >= 4 is 38.3 Å². The van der Waals surface area contributed by atoms with Crippen LogP contribution in [0.4, 0.5) is 5.13 Å². The Balaban J connectivity index is 2.00. The lowest BCUT2D eigenvalue weighted by Gasteiger charge is -2.02. The average Bonchev–Trinajstić information content (AvgIpc) is 2.73. The van der Waals surface area contributed by atoms with Crippen LogP contribution in [0.15, 0.2) is 9.98 Å². The largest absolute Gasteiger partial charge is 0.302 e. The van der Waals surface area contributed by atoms with Crippen LogP contribution in [0.25, 0.3) is 0 Å². The van der Waals surface area contributed by atoms with Crippen LogP contribution in [-0.2, 0) is 4.79 Å². The number of hydrogen-bond acceptors (Lipinski definition) is 3. The van der Waals surface area contributed by atoms with E-state index < -0.39 is 0 Å². The van der Waals surface area contributed by atoms with Crippen molar-refractivity contribution in [3.8, 4) is 0 Å². The first-order chi connectivity index (χ1) is 8.72. The summed E-state index contributed by atoms with van der Waals surface area (Å²) in [6.07, 6.45) is 10.9. The summed E-state index contributed by atoms with van der Waals surface area (Å²) in [4.78, 5) is 15.7. The van der Waals surface area contributed by atoms with Crippen LogP contribution in [-0.4, -0.2) is 10.9 Å². The van der Waals surface area contributed by atoms with Gasteiger partial charge < -0.3 is 5.32 Å². The van der Waals surface area contributed by atoms with E-state index in [0.717, 1.165) is 16.6 Å². The molecule has 0 bridgehead atoms. The molecule has 1 heterocycles. The second-order valence-electron chi connectivity index (χ2n) is 4.39. The molecule has 0 saturated heterocycles. The van der Waals surface area contributed by atoms with Crippen LogP contribution in [0.1, 0.15) is 58.3 Å². The molecule has 0 saturated carbocycles. The zero-order chi connectivity index (χ0) is 13.2. The number of carbonyl (C=O) groups excluding carboxylic acids is 1. The molecule has 0 aliphatic carbocycles. The molecule has 0 aromatic carbocycles. The fourth-order valence-corrected chi connectivity index (χ4v) is 2.86. The maximum absolute atomic E-state index is 11.6. The third-order valence-electron chi connectivity index (χ3n) is 2.73. The van der Waals surface area contributed by atoms with Gasteiger partial charge in [-0.2, -0.15) is 0 Å². The van der Waals surface area contributed by atoms with Crippen molar-refractivity contribution in [2.75, 3.05) is 5.32 Å². The van der Waals surface area contributed by atoms with Crippen LogP contribution < -0.4 is 5.32 Å². The van der Waals surface area contributed by atoms with E-state index >= 15 is 0 Å². The number of unbranched alkanes of at least 4 members (excludes halogenated alkanes) is 6. The minimum atomic E-state index is 0.0745. The molecule has 0 aliphatic rings. The molecule has 1 rings (SSSR count). The van der Waals surface area contributed by atoms with Gasteiger partial charge in [-0.3, -0.25) is 4.79 Å². The maximum atomic E-state index is 11.6. The number of hydrogen-bond donors (Lipinski definition) is 1. The van der Waals surface area contributed by atoms with Crippen molar-refractivity contribution in [3.05, 3.63) is 9.98 Å². The molecule has 0 spiro atoms. The Labute approximate surface area is 122 Å². The number of thiazole rings is 1. The summed E-state index contributed by atoms with van der Waals surface area (Å²) >= 11 is 4.76. The summed E-state index contributed by atoms with van der Waals surface area (Å²) in [5, 5.41) is 3.49. The first-order valence-corrected chi connectivity index (χ1v) is 8.24. The highest BCUT2D eigenvalue weighted by Gasteiger charge is 2.05. The van der Waals surface area contributed by atoms with Gasteiger partial charge in [0, 0.05) is 6.42 Å². The van der Waals surface area contributed by atoms with Crippen molar-refractivity contribution in [2.24, 2.45) is 0 Å². The van der Waals surface area contributed by atoms with Crippen molar-refractivity contribution in [3.63, 3.8) is 0 Å². The highest BCUT2D eigenvalue weighted by molar-refractivity contribution is 9.11. The highest BCUT2D eigenvalue weighted by Crippen LogP contribution is 2.23. The summed E-state index contributed by atoms with van der Waals surface area (Å²) in [7, 11) is 0. The third kappa shape index (κ3) is 7.11. The van der Waals surface area contributed by atoms with Crippen LogP contribution in [0.3, 0.4) is 0 Å². The first-order valence-electron chi connectivity index (χ1n) is 6.63. The van der Waals surface area contributed by atoms with Crippen molar-refractivity contribution < 1.29 is 4.79 Å². The first kappa shape index (κ1) is 15.6. The normalized spacial score (nSPS) is 10.6. The number of amides is 1. The molecule has 102 valence electrons. The average molecular weight is 333 g/mol. The molecule has 0 radical (unpaired) electrons. The minimum Gasteiger partial charge on any atom is -0.302 e. The Morgan fingerprint density at radius 2 is 1.94 bits per heavy atom. The number of nitrogens with one attached hydrogen (secondary N) is 1. The topological polar surface area (TPSA) is 42.0 Å². The smallest absolute Gasteiger partial charge is 0.226 e. The number of rotatable bonds is 9. The number of halogens is 1. The van der Waals surface area contributed by atoms with E-state index in [2.05, 4.69) is 33.2 Å². The molecular formula is C13H21BrN2OS. The lowest BCUT2D eigenvalue weighted by Crippen LogP contribution is -2.10. The van der Waals surface area contributed by atoms with Crippen LogP contribution in [0.2, 0.25) is 0 Å². The Morgan fingerprint density at radius 1 is 1.28 bits per heavy atom. The Kier molecular flexibility index (Phi) is 8.25. The summed E-state index contributed by atoms with van der Waals surface area (Å²) in [6.45, 7) is 2.22. The van der Waals surface area contributed by atoms with E-state index in [1.54, 1.807) is 6.20 Å². The molecule has 3 nitrogen and oxygen atoms in total. The third-order valence-corrected chi connectivity index (χ3v) is 4.12. The van der Waals surface area contributed by atoms with Gasteiger partial charge in [-0.15, -0.1) is 0 Å². The fraction of sp³-hybridized carbons (Fsp3) is 0.692. The monoisotopic (exact) mass is 332 g/mol. The fourth-order valence-electron chi connectivity index (χ4n) is 1.74. The zero-order valence-corrected chi connectivity index (χ0v) is 13.3. The molecule has 0 aliphatic heterocycles. The van der Waals surface area contributed by atoms with Gasteiger partial charge in [0.2, 0.25) is 5.91 Å². The molecule has 0 fully saturated rings. The molecule has 18 heavy (non-hydrogen) atoms. The molecule has 0 atom stereocenters. The van der Waals surface area contributed by atoms with Gasteiger partial charge in [-0.05, 0) is 22.4 Å². The second-order valence-corrected chi connectivity index (χ2v) is 6.80. The van der Waals surface area contributed by atoms with Crippen molar-refractivity contribution in [2.45, 2.75) is 58.3 Å². The van der Waals surface area contributed by atoms with Crippen molar-refractivity contribution in [1.82, 2.24) is 4.98 Å². The molecule has 1 amide bonds. The standard InChI is InChI=1S/C13H21BrN2OS/c1-2-3-4-5-6-7-8-9-12(17)16-13-15-10-11(14)18-13/h10H,2-9H2,1H3,(H,15,16,17). The van der Waals surface area contributed by atoms with Crippen LogP contribution >= 0.6 is 27.3 Å². The minimum absolute atomic E-state index is 0.0745. The number of aromatic nitrogens is 1. The van der Waals surface area contributed by atoms with Crippen LogP contribution in [0.5, 0.6) is 0 Å². The van der Waals surface area contributed by atoms with E-state index in [4.69, 9.17) is 0 Å². The van der Waals surface area contributed by atoms with Crippen molar-refractivity contribution in [1.29, 1.82) is 0 Å². The van der Waals surface area contributed by atoms with Gasteiger partial charge in [-0.25, -0.2) is 4.98 Å².